The van der Waals surface area contributed by atoms with Crippen molar-refractivity contribution in [3.05, 3.63) is 63.6 Å². The summed E-state index contributed by atoms with van der Waals surface area (Å²) >= 11 is 12.4. The second-order valence-corrected chi connectivity index (χ2v) is 13.0. The summed E-state index contributed by atoms with van der Waals surface area (Å²) in [6, 6.07) is 13.6. The first-order valence-electron chi connectivity index (χ1n) is 14.0. The van der Waals surface area contributed by atoms with E-state index in [4.69, 9.17) is 23.2 Å². The largest absolute Gasteiger partial charge is 0.508 e. The number of hydrogen-bond acceptors (Lipinski definition) is 3. The molecule has 37 heavy (non-hydrogen) atoms. The second kappa shape index (κ2) is 11.2. The van der Waals surface area contributed by atoms with E-state index in [0.717, 1.165) is 56.8 Å². The third-order valence-corrected chi connectivity index (χ3v) is 9.62. The predicted molar refractivity (Wildman–Crippen MR) is 151 cm³/mol. The van der Waals surface area contributed by atoms with Gasteiger partial charge in [-0.05, 0) is 98.2 Å². The highest BCUT2D eigenvalue weighted by Crippen LogP contribution is 2.51. The van der Waals surface area contributed by atoms with Gasteiger partial charge in [0.2, 0.25) is 5.91 Å². The summed E-state index contributed by atoms with van der Waals surface area (Å²) in [7, 11) is 0. The van der Waals surface area contributed by atoms with E-state index in [1.54, 1.807) is 12.1 Å². The Morgan fingerprint density at radius 1 is 1.11 bits per heavy atom. The van der Waals surface area contributed by atoms with Crippen LogP contribution >= 0.6 is 23.2 Å². The first-order valence-corrected chi connectivity index (χ1v) is 14.7. The van der Waals surface area contributed by atoms with Crippen molar-refractivity contribution in [2.24, 2.45) is 17.8 Å². The summed E-state index contributed by atoms with van der Waals surface area (Å²) in [5.41, 5.74) is 2.13. The van der Waals surface area contributed by atoms with Gasteiger partial charge in [0, 0.05) is 31.1 Å². The van der Waals surface area contributed by atoms with Gasteiger partial charge >= 0.3 is 0 Å². The van der Waals surface area contributed by atoms with E-state index in [2.05, 4.69) is 29.7 Å². The van der Waals surface area contributed by atoms with Crippen LogP contribution < -0.4 is 0 Å². The molecule has 2 aliphatic carbocycles. The number of phenols is 1. The molecule has 2 aromatic carbocycles. The summed E-state index contributed by atoms with van der Waals surface area (Å²) in [4.78, 5) is 18.6. The molecule has 3 fully saturated rings. The molecule has 1 N–H and O–H groups in total. The van der Waals surface area contributed by atoms with Crippen LogP contribution in [0, 0.1) is 17.8 Å². The summed E-state index contributed by atoms with van der Waals surface area (Å²) < 4.78 is 0. The molecule has 1 amide bonds. The molecule has 0 bridgehead atoms. The Bertz CT molecular complexity index is 1120. The molecule has 6 heteroatoms. The van der Waals surface area contributed by atoms with Crippen LogP contribution in [0.5, 0.6) is 5.75 Å². The van der Waals surface area contributed by atoms with Gasteiger partial charge in [-0.2, -0.15) is 0 Å². The first kappa shape index (κ1) is 26.8. The molecule has 1 heterocycles. The topological polar surface area (TPSA) is 43.8 Å². The molecule has 0 radical (unpaired) electrons. The minimum atomic E-state index is -0.0131. The van der Waals surface area contributed by atoms with Gasteiger partial charge in [-0.25, -0.2) is 0 Å². The van der Waals surface area contributed by atoms with E-state index >= 15 is 0 Å². The molecule has 3 atom stereocenters. The van der Waals surface area contributed by atoms with Crippen LogP contribution in [0.4, 0.5) is 0 Å². The maximum absolute atomic E-state index is 13.8. The van der Waals surface area contributed by atoms with E-state index < -0.39 is 0 Å². The van der Waals surface area contributed by atoms with E-state index in [1.807, 2.05) is 24.3 Å². The van der Waals surface area contributed by atoms with Crippen molar-refractivity contribution in [3.8, 4) is 5.75 Å². The lowest BCUT2D eigenvalue weighted by Crippen LogP contribution is -2.57. The molecule has 2 saturated carbocycles. The molecule has 2 aromatic rings. The zero-order chi connectivity index (χ0) is 26.2. The molecule has 1 saturated heterocycles. The van der Waals surface area contributed by atoms with Crippen molar-refractivity contribution in [3.63, 3.8) is 0 Å². The smallest absolute Gasteiger partial charge is 0.227 e. The van der Waals surface area contributed by atoms with E-state index in [-0.39, 0.29) is 17.4 Å². The Labute approximate surface area is 231 Å². The predicted octanol–water partition coefficient (Wildman–Crippen LogP) is 6.95. The van der Waals surface area contributed by atoms with Gasteiger partial charge < -0.3 is 14.9 Å². The molecular weight excluding hydrogens is 503 g/mol. The Kier molecular flexibility index (Phi) is 8.10. The molecule has 5 rings (SSSR count). The minimum Gasteiger partial charge on any atom is -0.508 e. The van der Waals surface area contributed by atoms with Gasteiger partial charge in [-0.3, -0.25) is 4.79 Å². The van der Waals surface area contributed by atoms with Gasteiger partial charge in [-0.1, -0.05) is 55.2 Å². The Morgan fingerprint density at radius 3 is 2.62 bits per heavy atom. The second-order valence-electron chi connectivity index (χ2n) is 12.2. The lowest BCUT2D eigenvalue weighted by Gasteiger charge is -2.55. The minimum absolute atomic E-state index is 0.0131. The quantitative estimate of drug-likeness (QED) is 0.392. The number of hydrogen-bond donors (Lipinski definition) is 1. The number of amides is 1. The number of piperidine rings is 1. The van der Waals surface area contributed by atoms with Crippen molar-refractivity contribution in [2.45, 2.75) is 70.3 Å². The summed E-state index contributed by atoms with van der Waals surface area (Å²) in [5, 5.41) is 11.4. The van der Waals surface area contributed by atoms with Gasteiger partial charge in [0.25, 0.3) is 0 Å². The van der Waals surface area contributed by atoms with Crippen LogP contribution in [0.3, 0.4) is 0 Å². The third kappa shape index (κ3) is 6.13. The molecule has 0 spiro atoms. The average molecular weight is 544 g/mol. The number of phenolic OH excluding ortho intramolecular Hbond substituents is 1. The van der Waals surface area contributed by atoms with Crippen molar-refractivity contribution in [2.75, 3.05) is 26.2 Å². The van der Waals surface area contributed by atoms with Gasteiger partial charge in [0.15, 0.2) is 0 Å². The number of rotatable bonds is 8. The normalized spacial score (nSPS) is 26.2. The average Bonchev–Trinajstić information content (AvgIpc) is 3.68. The maximum Gasteiger partial charge on any atom is 0.227 e. The molecular formula is C31H40Cl2N2O2. The molecule has 4 nitrogen and oxygen atoms in total. The van der Waals surface area contributed by atoms with Gasteiger partial charge in [0.05, 0.1) is 16.5 Å². The zero-order valence-electron chi connectivity index (χ0n) is 22.1. The maximum atomic E-state index is 13.8. The third-order valence-electron chi connectivity index (χ3n) is 8.88. The number of fused-ring (bicyclic) bond motifs is 1. The monoisotopic (exact) mass is 542 g/mol. The number of likely N-dealkylation sites (tertiary alicyclic amines) is 1. The number of benzene rings is 2. The molecule has 0 aromatic heterocycles. The van der Waals surface area contributed by atoms with Crippen LogP contribution in [0.1, 0.15) is 63.5 Å². The fraction of sp³-hybridized carbons (Fsp3) is 0.581. The highest BCUT2D eigenvalue weighted by molar-refractivity contribution is 6.42. The van der Waals surface area contributed by atoms with Gasteiger partial charge in [0.1, 0.15) is 5.75 Å². The van der Waals surface area contributed by atoms with Crippen LogP contribution in [-0.4, -0.2) is 53.0 Å². The van der Waals surface area contributed by atoms with Crippen molar-refractivity contribution < 1.29 is 9.90 Å². The van der Waals surface area contributed by atoms with Crippen LogP contribution in [-0.2, 0) is 16.6 Å². The summed E-state index contributed by atoms with van der Waals surface area (Å²) in [6.45, 7) is 8.58. The molecule has 3 unspecified atom stereocenters. The highest BCUT2D eigenvalue weighted by Gasteiger charge is 2.50. The molecule has 1 aliphatic heterocycles. The Balaban J connectivity index is 1.40. The van der Waals surface area contributed by atoms with E-state index in [9.17, 15) is 9.90 Å². The number of nitrogens with zero attached hydrogens (tertiary/aromatic N) is 2. The fourth-order valence-corrected chi connectivity index (χ4v) is 7.20. The van der Waals surface area contributed by atoms with Crippen LogP contribution in [0.15, 0.2) is 42.5 Å². The lowest BCUT2D eigenvalue weighted by molar-refractivity contribution is -0.135. The van der Waals surface area contributed by atoms with E-state index in [1.165, 1.54) is 24.9 Å². The first-order chi connectivity index (χ1) is 17.7. The summed E-state index contributed by atoms with van der Waals surface area (Å²) in [6.07, 6.45) is 7.27. The van der Waals surface area contributed by atoms with Crippen LogP contribution in [0.25, 0.3) is 0 Å². The van der Waals surface area contributed by atoms with Crippen LogP contribution in [0.2, 0.25) is 10.0 Å². The highest BCUT2D eigenvalue weighted by atomic mass is 35.5. The zero-order valence-corrected chi connectivity index (χ0v) is 23.6. The molecule has 200 valence electrons. The van der Waals surface area contributed by atoms with Crippen molar-refractivity contribution in [1.82, 2.24) is 9.80 Å². The fourth-order valence-electron chi connectivity index (χ4n) is 6.88. The summed E-state index contributed by atoms with van der Waals surface area (Å²) in [5.74, 6) is 2.32. The van der Waals surface area contributed by atoms with Crippen molar-refractivity contribution >= 4 is 29.1 Å². The number of halogens is 2. The number of carbonyl (C=O) groups excluding carboxylic acids is 1. The Morgan fingerprint density at radius 2 is 1.92 bits per heavy atom. The van der Waals surface area contributed by atoms with Crippen molar-refractivity contribution in [1.29, 1.82) is 0 Å². The molecule has 3 aliphatic rings. The van der Waals surface area contributed by atoms with Gasteiger partial charge in [-0.15, -0.1) is 0 Å². The number of carbonyl (C=O) groups is 1. The SMILES string of the molecule is CC(C)CN(C(=O)Cc1ccc(Cl)c(Cl)c1)C1CCC2CN(CC3CC3)CCC2(c2cccc(O)c2)C1. The van der Waals surface area contributed by atoms with E-state index in [0.29, 0.717) is 34.1 Å². The standard InChI is InChI=1S/C31H40Cl2N2O2/c1-21(2)18-35(30(37)15-23-8-11-28(32)29(33)14-23)26-10-9-25-20-34(19-22-6-7-22)13-12-31(25,17-26)24-4-3-5-27(36)16-24/h3-5,8,11,14,16,21-22,25-26,36H,6-7,9-10,12-13,15,17-20H2,1-2H3. The lowest BCUT2D eigenvalue weighted by atomic mass is 9.57. The Hall–Kier alpha value is -1.75. The number of aromatic hydroxyl groups is 1.